The van der Waals surface area contributed by atoms with Gasteiger partial charge in [-0.15, -0.1) is 0 Å². The molecule has 0 fully saturated rings. The minimum absolute atomic E-state index is 0.0202. The predicted molar refractivity (Wildman–Crippen MR) is 63.1 cm³/mol. The van der Waals surface area contributed by atoms with E-state index in [9.17, 15) is 8.42 Å². The van der Waals surface area contributed by atoms with Crippen molar-refractivity contribution in [2.75, 3.05) is 32.1 Å². The van der Waals surface area contributed by atoms with Crippen molar-refractivity contribution < 1.29 is 13.5 Å². The van der Waals surface area contributed by atoms with Crippen LogP contribution in [0.1, 0.15) is 6.92 Å². The highest BCUT2D eigenvalue weighted by Crippen LogP contribution is 2.13. The van der Waals surface area contributed by atoms with Gasteiger partial charge < -0.3 is 10.4 Å². The van der Waals surface area contributed by atoms with Crippen LogP contribution in [-0.2, 0) is 10.0 Å². The summed E-state index contributed by atoms with van der Waals surface area (Å²) >= 11 is 0. The third-order valence-corrected chi connectivity index (χ3v) is 4.12. The minimum atomic E-state index is -3.62. The summed E-state index contributed by atoms with van der Waals surface area (Å²) in [6.45, 7) is 1.84. The van der Waals surface area contributed by atoms with Gasteiger partial charge in [-0.05, 0) is 0 Å². The Labute approximate surface area is 101 Å². The zero-order valence-electron chi connectivity index (χ0n) is 9.79. The van der Waals surface area contributed by atoms with Crippen molar-refractivity contribution in [3.8, 4) is 0 Å². The topological polar surface area (TPSA) is 95.4 Å². The van der Waals surface area contributed by atoms with Crippen LogP contribution in [0.15, 0.2) is 17.3 Å². The number of hydrogen-bond donors (Lipinski definition) is 2. The Balaban J connectivity index is 3.02. The van der Waals surface area contributed by atoms with E-state index in [1.165, 1.54) is 16.7 Å². The van der Waals surface area contributed by atoms with Gasteiger partial charge in [0.05, 0.1) is 19.0 Å². The first-order valence-corrected chi connectivity index (χ1v) is 6.61. The molecule has 96 valence electrons. The average molecular weight is 260 g/mol. The molecule has 0 aliphatic rings. The molecule has 0 amide bonds. The molecular formula is C9H16N4O3S. The summed E-state index contributed by atoms with van der Waals surface area (Å²) in [7, 11) is -1.97. The highest BCUT2D eigenvalue weighted by atomic mass is 32.2. The third kappa shape index (κ3) is 3.11. The molecule has 8 heteroatoms. The highest BCUT2D eigenvalue weighted by molar-refractivity contribution is 7.89. The van der Waals surface area contributed by atoms with Crippen molar-refractivity contribution in [2.45, 2.75) is 11.8 Å². The van der Waals surface area contributed by atoms with Crippen LogP contribution in [0.4, 0.5) is 5.95 Å². The maximum Gasteiger partial charge on any atom is 0.246 e. The summed E-state index contributed by atoms with van der Waals surface area (Å²) in [4.78, 5) is 7.72. The van der Waals surface area contributed by atoms with E-state index >= 15 is 0 Å². The third-order valence-electron chi connectivity index (χ3n) is 2.19. The maximum absolute atomic E-state index is 12.1. The first-order chi connectivity index (χ1) is 8.06. The Hall–Kier alpha value is -1.25. The zero-order chi connectivity index (χ0) is 12.9. The Kier molecular flexibility index (Phi) is 4.79. The van der Waals surface area contributed by atoms with Crippen LogP contribution < -0.4 is 5.32 Å². The SMILES string of the molecule is CCN(CCO)S(=O)(=O)c1cnc(NC)nc1. The molecule has 0 saturated carbocycles. The van der Waals surface area contributed by atoms with Gasteiger partial charge >= 0.3 is 0 Å². The standard InChI is InChI=1S/C9H16N4O3S/c1-3-13(4-5-14)17(15,16)8-6-11-9(10-2)12-7-8/h6-7,14H,3-5H2,1-2H3,(H,10,11,12). The Morgan fingerprint density at radius 3 is 2.41 bits per heavy atom. The molecule has 17 heavy (non-hydrogen) atoms. The number of nitrogens with one attached hydrogen (secondary N) is 1. The summed E-state index contributed by atoms with van der Waals surface area (Å²) in [5.41, 5.74) is 0. The number of aliphatic hydroxyl groups excluding tert-OH is 1. The number of rotatable bonds is 6. The second-order valence-corrected chi connectivity index (χ2v) is 5.15. The van der Waals surface area contributed by atoms with Crippen LogP contribution >= 0.6 is 0 Å². The monoisotopic (exact) mass is 260 g/mol. The van der Waals surface area contributed by atoms with E-state index < -0.39 is 10.0 Å². The summed E-state index contributed by atoms with van der Waals surface area (Å²) < 4.78 is 25.3. The molecule has 1 aromatic heterocycles. The number of aliphatic hydroxyl groups is 1. The summed E-state index contributed by atoms with van der Waals surface area (Å²) in [6, 6.07) is 0. The smallest absolute Gasteiger partial charge is 0.246 e. The fourth-order valence-electron chi connectivity index (χ4n) is 1.29. The van der Waals surface area contributed by atoms with E-state index in [2.05, 4.69) is 15.3 Å². The van der Waals surface area contributed by atoms with E-state index in [0.29, 0.717) is 5.95 Å². The maximum atomic E-state index is 12.1. The first kappa shape index (κ1) is 13.8. The molecular weight excluding hydrogens is 244 g/mol. The largest absolute Gasteiger partial charge is 0.395 e. The van der Waals surface area contributed by atoms with E-state index in [-0.39, 0.29) is 24.6 Å². The van der Waals surface area contributed by atoms with Gasteiger partial charge in [0, 0.05) is 20.1 Å². The molecule has 0 aliphatic heterocycles. The second-order valence-electron chi connectivity index (χ2n) is 3.21. The molecule has 0 spiro atoms. The van der Waals surface area contributed by atoms with E-state index in [4.69, 9.17) is 5.11 Å². The van der Waals surface area contributed by atoms with Gasteiger partial charge in [0.1, 0.15) is 4.90 Å². The lowest BCUT2D eigenvalue weighted by Crippen LogP contribution is -2.33. The predicted octanol–water partition coefficient (Wildman–Crippen LogP) is -0.479. The van der Waals surface area contributed by atoms with Crippen LogP contribution in [0, 0.1) is 0 Å². The fourth-order valence-corrected chi connectivity index (χ4v) is 2.62. The summed E-state index contributed by atoms with van der Waals surface area (Å²) in [5, 5.41) is 11.5. The Bertz CT molecular complexity index is 446. The number of sulfonamides is 1. The van der Waals surface area contributed by atoms with Crippen molar-refractivity contribution in [3.63, 3.8) is 0 Å². The lowest BCUT2D eigenvalue weighted by atomic mass is 10.6. The number of anilines is 1. The van der Waals surface area contributed by atoms with Crippen LogP contribution in [0.2, 0.25) is 0 Å². The van der Waals surface area contributed by atoms with Gasteiger partial charge in [-0.3, -0.25) is 0 Å². The van der Waals surface area contributed by atoms with Crippen molar-refractivity contribution in [1.29, 1.82) is 0 Å². The number of hydrogen-bond acceptors (Lipinski definition) is 6. The molecule has 0 radical (unpaired) electrons. The molecule has 2 N–H and O–H groups in total. The van der Waals surface area contributed by atoms with E-state index in [1.54, 1.807) is 14.0 Å². The lowest BCUT2D eigenvalue weighted by Gasteiger charge is -2.18. The van der Waals surface area contributed by atoms with E-state index in [0.717, 1.165) is 0 Å². The lowest BCUT2D eigenvalue weighted by molar-refractivity contribution is 0.257. The van der Waals surface area contributed by atoms with Gasteiger partial charge in [-0.1, -0.05) is 6.92 Å². The number of likely N-dealkylation sites (N-methyl/N-ethyl adjacent to an activating group) is 1. The van der Waals surface area contributed by atoms with Crippen LogP contribution in [0.25, 0.3) is 0 Å². The van der Waals surface area contributed by atoms with Gasteiger partial charge in [-0.2, -0.15) is 4.31 Å². The molecule has 0 aliphatic carbocycles. The summed E-state index contributed by atoms with van der Waals surface area (Å²) in [6.07, 6.45) is 2.49. The summed E-state index contributed by atoms with van der Waals surface area (Å²) in [5.74, 6) is 0.356. The van der Waals surface area contributed by atoms with Gasteiger partial charge in [0.2, 0.25) is 16.0 Å². The Morgan fingerprint density at radius 2 is 2.00 bits per heavy atom. The van der Waals surface area contributed by atoms with Crippen LogP contribution in [-0.4, -0.2) is 54.5 Å². The molecule has 0 atom stereocenters. The second kappa shape index (κ2) is 5.89. The van der Waals surface area contributed by atoms with Crippen molar-refractivity contribution in [3.05, 3.63) is 12.4 Å². The first-order valence-electron chi connectivity index (χ1n) is 5.17. The molecule has 0 aromatic carbocycles. The van der Waals surface area contributed by atoms with E-state index in [1.807, 2.05) is 0 Å². The fraction of sp³-hybridized carbons (Fsp3) is 0.556. The minimum Gasteiger partial charge on any atom is -0.395 e. The molecule has 1 rings (SSSR count). The van der Waals surface area contributed by atoms with Crippen molar-refractivity contribution in [2.24, 2.45) is 0 Å². The van der Waals surface area contributed by atoms with Crippen LogP contribution in [0.5, 0.6) is 0 Å². The molecule has 1 heterocycles. The molecule has 0 unspecified atom stereocenters. The normalized spacial score (nSPS) is 11.8. The highest BCUT2D eigenvalue weighted by Gasteiger charge is 2.23. The number of nitrogens with zero attached hydrogens (tertiary/aromatic N) is 3. The van der Waals surface area contributed by atoms with Crippen molar-refractivity contribution in [1.82, 2.24) is 14.3 Å². The van der Waals surface area contributed by atoms with Gasteiger partial charge in [0.15, 0.2) is 0 Å². The molecule has 7 nitrogen and oxygen atoms in total. The van der Waals surface area contributed by atoms with Crippen LogP contribution in [0.3, 0.4) is 0 Å². The Morgan fingerprint density at radius 1 is 1.41 bits per heavy atom. The zero-order valence-corrected chi connectivity index (χ0v) is 10.6. The van der Waals surface area contributed by atoms with Crippen molar-refractivity contribution >= 4 is 16.0 Å². The average Bonchev–Trinajstić information content (AvgIpc) is 2.35. The van der Waals surface area contributed by atoms with Gasteiger partial charge in [0.25, 0.3) is 0 Å². The quantitative estimate of drug-likeness (QED) is 0.717. The molecule has 0 bridgehead atoms. The number of aromatic nitrogens is 2. The van der Waals surface area contributed by atoms with Gasteiger partial charge in [-0.25, -0.2) is 18.4 Å². The molecule has 0 saturated heterocycles. The molecule has 1 aromatic rings.